The van der Waals surface area contributed by atoms with Crippen molar-refractivity contribution in [2.45, 2.75) is 19.5 Å². The van der Waals surface area contributed by atoms with Crippen molar-refractivity contribution in [2.75, 3.05) is 24.7 Å². The highest BCUT2D eigenvalue weighted by Crippen LogP contribution is 2.26. The van der Waals surface area contributed by atoms with Gasteiger partial charge in [0.1, 0.15) is 0 Å². The van der Waals surface area contributed by atoms with Crippen molar-refractivity contribution in [3.05, 3.63) is 29.3 Å². The maximum atomic E-state index is 13.9. The molecular formula is C12H16F2N2O. The third kappa shape index (κ3) is 2.25. The topological polar surface area (TPSA) is 38.5 Å². The van der Waals surface area contributed by atoms with Crippen molar-refractivity contribution in [3.8, 4) is 0 Å². The Morgan fingerprint density at radius 2 is 2.18 bits per heavy atom. The number of benzene rings is 1. The number of hydrogen-bond acceptors (Lipinski definition) is 3. The lowest BCUT2D eigenvalue weighted by atomic mass is 10.1. The van der Waals surface area contributed by atoms with Crippen LogP contribution in [0.25, 0.3) is 0 Å². The summed E-state index contributed by atoms with van der Waals surface area (Å²) >= 11 is 0. The zero-order chi connectivity index (χ0) is 12.4. The van der Waals surface area contributed by atoms with Crippen LogP contribution in [0.15, 0.2) is 12.1 Å². The number of rotatable bonds is 2. The molecule has 0 bridgehead atoms. The van der Waals surface area contributed by atoms with Crippen molar-refractivity contribution in [3.63, 3.8) is 0 Å². The monoisotopic (exact) mass is 242 g/mol. The third-order valence-corrected chi connectivity index (χ3v) is 3.04. The van der Waals surface area contributed by atoms with Gasteiger partial charge in [0.15, 0.2) is 11.6 Å². The summed E-state index contributed by atoms with van der Waals surface area (Å²) in [6.45, 7) is 3.55. The summed E-state index contributed by atoms with van der Waals surface area (Å²) in [5.74, 6) is -1.66. The summed E-state index contributed by atoms with van der Waals surface area (Å²) < 4.78 is 32.8. The molecule has 2 N–H and O–H groups in total. The van der Waals surface area contributed by atoms with Gasteiger partial charge in [-0.05, 0) is 13.0 Å². The molecule has 0 aromatic heterocycles. The van der Waals surface area contributed by atoms with E-state index < -0.39 is 11.6 Å². The van der Waals surface area contributed by atoms with Crippen LogP contribution in [0.4, 0.5) is 14.5 Å². The van der Waals surface area contributed by atoms with E-state index in [1.807, 2.05) is 11.8 Å². The van der Waals surface area contributed by atoms with Gasteiger partial charge in [0.05, 0.1) is 18.9 Å². The molecule has 1 fully saturated rings. The van der Waals surface area contributed by atoms with Crippen LogP contribution < -0.4 is 10.6 Å². The molecule has 0 radical (unpaired) electrons. The molecule has 1 aliphatic heterocycles. The second-order valence-corrected chi connectivity index (χ2v) is 4.19. The van der Waals surface area contributed by atoms with E-state index >= 15 is 0 Å². The highest BCUT2D eigenvalue weighted by Gasteiger charge is 2.24. The van der Waals surface area contributed by atoms with Crippen molar-refractivity contribution in [1.29, 1.82) is 0 Å². The predicted molar refractivity (Wildman–Crippen MR) is 61.9 cm³/mol. The Morgan fingerprint density at radius 1 is 1.41 bits per heavy atom. The second kappa shape index (κ2) is 4.98. The molecule has 1 aromatic rings. The van der Waals surface area contributed by atoms with E-state index in [0.717, 1.165) is 0 Å². The Hall–Kier alpha value is -1.20. The van der Waals surface area contributed by atoms with Crippen molar-refractivity contribution >= 4 is 5.69 Å². The Kier molecular flexibility index (Phi) is 3.59. The van der Waals surface area contributed by atoms with E-state index in [9.17, 15) is 8.78 Å². The van der Waals surface area contributed by atoms with E-state index in [-0.39, 0.29) is 23.8 Å². The molecule has 1 aromatic carbocycles. The van der Waals surface area contributed by atoms with Crippen molar-refractivity contribution in [1.82, 2.24) is 0 Å². The van der Waals surface area contributed by atoms with Gasteiger partial charge in [-0.3, -0.25) is 0 Å². The van der Waals surface area contributed by atoms with Crippen LogP contribution in [0.2, 0.25) is 0 Å². The zero-order valence-corrected chi connectivity index (χ0v) is 9.75. The Morgan fingerprint density at radius 3 is 2.82 bits per heavy atom. The summed E-state index contributed by atoms with van der Waals surface area (Å²) in [4.78, 5) is 1.82. The molecule has 3 nitrogen and oxygen atoms in total. The number of halogens is 2. The molecule has 1 heterocycles. The van der Waals surface area contributed by atoms with Crippen LogP contribution in [0.1, 0.15) is 12.5 Å². The summed E-state index contributed by atoms with van der Waals surface area (Å²) in [7, 11) is 0. The highest BCUT2D eigenvalue weighted by atomic mass is 19.2. The number of morpholine rings is 1. The first kappa shape index (κ1) is 12.3. The van der Waals surface area contributed by atoms with Gasteiger partial charge >= 0.3 is 0 Å². The minimum Gasteiger partial charge on any atom is -0.377 e. The first-order valence-electron chi connectivity index (χ1n) is 5.66. The molecule has 17 heavy (non-hydrogen) atoms. The molecule has 1 atom stereocenters. The number of nitrogens with zero attached hydrogens (tertiary/aromatic N) is 1. The molecule has 94 valence electrons. The fourth-order valence-electron chi connectivity index (χ4n) is 2.04. The fraction of sp³-hybridized carbons (Fsp3) is 0.500. The van der Waals surface area contributed by atoms with Crippen LogP contribution in [0.3, 0.4) is 0 Å². The van der Waals surface area contributed by atoms with Gasteiger partial charge < -0.3 is 15.4 Å². The van der Waals surface area contributed by atoms with Gasteiger partial charge in [0.25, 0.3) is 0 Å². The van der Waals surface area contributed by atoms with Crippen LogP contribution in [-0.4, -0.2) is 25.8 Å². The van der Waals surface area contributed by atoms with Gasteiger partial charge in [-0.25, -0.2) is 8.78 Å². The highest BCUT2D eigenvalue weighted by molar-refractivity contribution is 5.51. The van der Waals surface area contributed by atoms with E-state index in [0.29, 0.717) is 19.8 Å². The number of anilines is 1. The summed E-state index contributed by atoms with van der Waals surface area (Å²) in [5.41, 5.74) is 5.82. The smallest absolute Gasteiger partial charge is 0.182 e. The van der Waals surface area contributed by atoms with E-state index in [1.54, 1.807) is 6.07 Å². The molecular weight excluding hydrogens is 226 g/mol. The van der Waals surface area contributed by atoms with Gasteiger partial charge in [0, 0.05) is 24.7 Å². The van der Waals surface area contributed by atoms with E-state index in [2.05, 4.69) is 0 Å². The SMILES string of the molecule is CC1COCCN1c1ccc(CN)c(F)c1F. The molecule has 5 heteroatoms. The molecule has 0 aliphatic carbocycles. The minimum absolute atomic E-state index is 0.00168. The van der Waals surface area contributed by atoms with Gasteiger partial charge in [-0.15, -0.1) is 0 Å². The zero-order valence-electron chi connectivity index (χ0n) is 9.75. The van der Waals surface area contributed by atoms with Gasteiger partial charge in [0.2, 0.25) is 0 Å². The Labute approximate surface area is 99.2 Å². The van der Waals surface area contributed by atoms with E-state index in [4.69, 9.17) is 10.5 Å². The number of nitrogens with two attached hydrogens (primary N) is 1. The van der Waals surface area contributed by atoms with Gasteiger partial charge in [-0.2, -0.15) is 0 Å². The molecule has 2 rings (SSSR count). The van der Waals surface area contributed by atoms with Crippen molar-refractivity contribution < 1.29 is 13.5 Å². The number of hydrogen-bond donors (Lipinski definition) is 1. The largest absolute Gasteiger partial charge is 0.377 e. The van der Waals surface area contributed by atoms with E-state index in [1.165, 1.54) is 6.07 Å². The molecule has 1 unspecified atom stereocenters. The van der Waals surface area contributed by atoms with Crippen LogP contribution in [-0.2, 0) is 11.3 Å². The first-order valence-corrected chi connectivity index (χ1v) is 5.66. The molecule has 1 aliphatic rings. The lowest BCUT2D eigenvalue weighted by molar-refractivity contribution is 0.0985. The normalized spacial score (nSPS) is 20.7. The average Bonchev–Trinajstić information content (AvgIpc) is 2.34. The summed E-state index contributed by atoms with van der Waals surface area (Å²) in [6, 6.07) is 3.17. The predicted octanol–water partition coefficient (Wildman–Crippen LogP) is 1.65. The molecule has 1 saturated heterocycles. The lowest BCUT2D eigenvalue weighted by Crippen LogP contribution is -2.44. The molecule has 0 saturated carbocycles. The van der Waals surface area contributed by atoms with Gasteiger partial charge in [-0.1, -0.05) is 6.07 Å². The van der Waals surface area contributed by atoms with Crippen molar-refractivity contribution in [2.24, 2.45) is 5.73 Å². The quantitative estimate of drug-likeness (QED) is 0.857. The second-order valence-electron chi connectivity index (χ2n) is 4.19. The Balaban J connectivity index is 2.35. The standard InChI is InChI=1S/C12H16F2N2O/c1-8-7-17-5-4-16(8)10-3-2-9(6-15)11(13)12(10)14/h2-3,8H,4-7,15H2,1H3. The van der Waals surface area contributed by atoms with Crippen LogP contribution in [0, 0.1) is 11.6 Å². The summed E-state index contributed by atoms with van der Waals surface area (Å²) in [5, 5.41) is 0. The maximum absolute atomic E-state index is 13.9. The average molecular weight is 242 g/mol. The maximum Gasteiger partial charge on any atom is 0.182 e. The fourth-order valence-corrected chi connectivity index (χ4v) is 2.04. The first-order chi connectivity index (χ1) is 8.15. The summed E-state index contributed by atoms with van der Waals surface area (Å²) in [6.07, 6.45) is 0. The molecule has 0 amide bonds. The third-order valence-electron chi connectivity index (χ3n) is 3.04. The number of ether oxygens (including phenoxy) is 1. The van der Waals surface area contributed by atoms with Crippen LogP contribution >= 0.6 is 0 Å². The lowest BCUT2D eigenvalue weighted by Gasteiger charge is -2.35. The minimum atomic E-state index is -0.844. The Bertz CT molecular complexity index is 412. The van der Waals surface area contributed by atoms with Crippen LogP contribution in [0.5, 0.6) is 0 Å². The molecule has 0 spiro atoms.